The van der Waals surface area contributed by atoms with Crippen LogP contribution in [0.15, 0.2) is 0 Å². The topological polar surface area (TPSA) is 27.1 Å². The second kappa shape index (κ2) is 3.00. The van der Waals surface area contributed by atoms with E-state index in [9.17, 15) is 0 Å². The Morgan fingerprint density at radius 1 is 1.31 bits per heavy atom. The molecule has 1 aliphatic heterocycles. The van der Waals surface area contributed by atoms with E-state index >= 15 is 0 Å². The molecule has 0 radical (unpaired) electrons. The molecule has 0 unspecified atom stereocenters. The third-order valence-electron chi connectivity index (χ3n) is 3.64. The van der Waals surface area contributed by atoms with Crippen LogP contribution < -0.4 is 0 Å². The molecule has 2 heteroatoms. The fourth-order valence-electron chi connectivity index (χ4n) is 2.48. The molecule has 74 valence electrons. The fraction of sp³-hybridized carbons (Fsp3) is 0.909. The molecule has 1 saturated heterocycles. The number of hydrogen-bond acceptors (Lipinski definition) is 1. The van der Waals surface area contributed by atoms with Crippen molar-refractivity contribution in [3.8, 4) is 0 Å². The molecule has 1 aliphatic carbocycles. The summed E-state index contributed by atoms with van der Waals surface area (Å²) in [5, 5.41) is 7.95. The minimum atomic E-state index is 0.261. The minimum Gasteiger partial charge on any atom is -0.355 e. The van der Waals surface area contributed by atoms with Crippen molar-refractivity contribution in [3.05, 3.63) is 0 Å². The number of hydrogen-bond donors (Lipinski definition) is 1. The highest BCUT2D eigenvalue weighted by Gasteiger charge is 2.43. The van der Waals surface area contributed by atoms with E-state index in [0.29, 0.717) is 0 Å². The summed E-state index contributed by atoms with van der Waals surface area (Å²) in [5.74, 6) is 1.73. The molecule has 0 atom stereocenters. The lowest BCUT2D eigenvalue weighted by atomic mass is 9.93. The van der Waals surface area contributed by atoms with Gasteiger partial charge in [-0.05, 0) is 45.4 Å². The van der Waals surface area contributed by atoms with Crippen molar-refractivity contribution in [3.63, 3.8) is 0 Å². The number of likely N-dealkylation sites (tertiary alicyclic amines) is 1. The van der Waals surface area contributed by atoms with Gasteiger partial charge in [0.15, 0.2) is 0 Å². The summed E-state index contributed by atoms with van der Waals surface area (Å²) in [6.45, 7) is 5.73. The average Bonchev–Trinajstić information content (AvgIpc) is 2.86. The molecular weight excluding hydrogens is 160 g/mol. The largest absolute Gasteiger partial charge is 0.355 e. The van der Waals surface area contributed by atoms with E-state index in [-0.39, 0.29) is 5.54 Å². The summed E-state index contributed by atoms with van der Waals surface area (Å²) >= 11 is 0. The predicted molar refractivity (Wildman–Crippen MR) is 55.1 cm³/mol. The minimum absolute atomic E-state index is 0.261. The number of amidine groups is 1. The Balaban J connectivity index is 2.08. The summed E-state index contributed by atoms with van der Waals surface area (Å²) in [6, 6.07) is 0. The van der Waals surface area contributed by atoms with Gasteiger partial charge in [0, 0.05) is 18.5 Å². The van der Waals surface area contributed by atoms with Gasteiger partial charge in [-0.1, -0.05) is 0 Å². The molecule has 0 aromatic heterocycles. The molecule has 0 aromatic carbocycles. The molecular formula is C11H20N2. The van der Waals surface area contributed by atoms with Crippen LogP contribution in [-0.4, -0.2) is 22.8 Å². The first-order valence-corrected chi connectivity index (χ1v) is 5.47. The summed E-state index contributed by atoms with van der Waals surface area (Å²) in [6.07, 6.45) is 6.23. The predicted octanol–water partition coefficient (Wildman–Crippen LogP) is 2.64. The average molecular weight is 180 g/mol. The maximum atomic E-state index is 7.95. The van der Waals surface area contributed by atoms with Crippen molar-refractivity contribution in [2.75, 3.05) is 6.54 Å². The van der Waals surface area contributed by atoms with Crippen molar-refractivity contribution in [1.82, 2.24) is 4.90 Å². The molecule has 2 aliphatic rings. The number of nitrogens with zero attached hydrogens (tertiary/aromatic N) is 1. The summed E-state index contributed by atoms with van der Waals surface area (Å²) in [5.41, 5.74) is 0.261. The quantitative estimate of drug-likeness (QED) is 0.695. The lowest BCUT2D eigenvalue weighted by molar-refractivity contribution is 0.166. The van der Waals surface area contributed by atoms with E-state index < -0.39 is 0 Å². The highest BCUT2D eigenvalue weighted by Crippen LogP contribution is 2.43. The molecule has 2 rings (SSSR count). The first-order chi connectivity index (χ1) is 6.12. The van der Waals surface area contributed by atoms with Gasteiger partial charge in [0.25, 0.3) is 0 Å². The van der Waals surface area contributed by atoms with Gasteiger partial charge in [-0.15, -0.1) is 0 Å². The zero-order chi connectivity index (χ0) is 9.47. The first kappa shape index (κ1) is 9.04. The van der Waals surface area contributed by atoms with Gasteiger partial charge >= 0.3 is 0 Å². The highest BCUT2D eigenvalue weighted by atomic mass is 15.2. The number of nitrogens with one attached hydrogen (secondary N) is 1. The zero-order valence-corrected chi connectivity index (χ0v) is 8.77. The number of rotatable bonds is 2. The van der Waals surface area contributed by atoms with Gasteiger partial charge < -0.3 is 4.90 Å². The summed E-state index contributed by atoms with van der Waals surface area (Å²) in [7, 11) is 0. The molecule has 0 amide bonds. The Morgan fingerprint density at radius 3 is 2.54 bits per heavy atom. The molecule has 13 heavy (non-hydrogen) atoms. The van der Waals surface area contributed by atoms with E-state index in [1.54, 1.807) is 0 Å². The monoisotopic (exact) mass is 180 g/mol. The molecule has 2 nitrogen and oxygen atoms in total. The highest BCUT2D eigenvalue weighted by molar-refractivity contribution is 5.80. The van der Waals surface area contributed by atoms with Crippen LogP contribution in [0.3, 0.4) is 0 Å². The van der Waals surface area contributed by atoms with Crippen molar-refractivity contribution in [2.24, 2.45) is 5.92 Å². The first-order valence-electron chi connectivity index (χ1n) is 5.47. The Bertz CT molecular complexity index is 216. The van der Waals surface area contributed by atoms with Crippen molar-refractivity contribution < 1.29 is 0 Å². The molecule has 2 fully saturated rings. The van der Waals surface area contributed by atoms with Crippen LogP contribution in [0.5, 0.6) is 0 Å². The van der Waals surface area contributed by atoms with Crippen molar-refractivity contribution in [1.29, 1.82) is 5.41 Å². The molecule has 0 aromatic rings. The van der Waals surface area contributed by atoms with E-state index in [0.717, 1.165) is 24.7 Å². The van der Waals surface area contributed by atoms with Gasteiger partial charge in [-0.3, -0.25) is 5.41 Å². The zero-order valence-electron chi connectivity index (χ0n) is 8.77. The van der Waals surface area contributed by atoms with Gasteiger partial charge in [0.1, 0.15) is 0 Å². The Morgan fingerprint density at radius 2 is 2.00 bits per heavy atom. The van der Waals surface area contributed by atoms with Crippen LogP contribution in [0, 0.1) is 11.3 Å². The van der Waals surface area contributed by atoms with Crippen LogP contribution in [0.1, 0.15) is 46.0 Å². The van der Waals surface area contributed by atoms with Gasteiger partial charge in [-0.25, -0.2) is 0 Å². The Hall–Kier alpha value is -0.530. The van der Waals surface area contributed by atoms with Gasteiger partial charge in [-0.2, -0.15) is 0 Å². The molecule has 0 bridgehead atoms. The maximum Gasteiger partial charge on any atom is 0.0962 e. The third-order valence-corrected chi connectivity index (χ3v) is 3.64. The van der Waals surface area contributed by atoms with Gasteiger partial charge in [0.2, 0.25) is 0 Å². The van der Waals surface area contributed by atoms with Gasteiger partial charge in [0.05, 0.1) is 5.84 Å². The Kier molecular flexibility index (Phi) is 2.09. The van der Waals surface area contributed by atoms with Crippen molar-refractivity contribution in [2.45, 2.75) is 51.5 Å². The van der Waals surface area contributed by atoms with Crippen LogP contribution in [0.2, 0.25) is 0 Å². The molecule has 1 N–H and O–H groups in total. The number of piperidine rings is 1. The standard InChI is InChI=1S/C11H20N2/c1-11(2,9-6-7-9)13-8-4-3-5-10(13)12/h9,12H,3-8H2,1-2H3. The Labute approximate surface area is 80.8 Å². The van der Waals surface area contributed by atoms with E-state index in [2.05, 4.69) is 18.7 Å². The van der Waals surface area contributed by atoms with Crippen molar-refractivity contribution >= 4 is 5.84 Å². The van der Waals surface area contributed by atoms with Crippen LogP contribution >= 0.6 is 0 Å². The van der Waals surface area contributed by atoms with E-state index in [1.165, 1.54) is 25.7 Å². The lowest BCUT2D eigenvalue weighted by Crippen LogP contribution is -2.51. The SMILES string of the molecule is CC(C)(C1CC1)N1CCCCC1=N. The second-order valence-electron chi connectivity index (χ2n) is 4.98. The maximum absolute atomic E-state index is 7.95. The van der Waals surface area contributed by atoms with Crippen LogP contribution in [0.4, 0.5) is 0 Å². The van der Waals surface area contributed by atoms with Crippen LogP contribution in [0.25, 0.3) is 0 Å². The normalized spacial score (nSPS) is 25.1. The smallest absolute Gasteiger partial charge is 0.0962 e. The molecule has 1 saturated carbocycles. The summed E-state index contributed by atoms with van der Waals surface area (Å²) in [4.78, 5) is 2.34. The second-order valence-corrected chi connectivity index (χ2v) is 4.98. The molecule has 0 spiro atoms. The molecule has 1 heterocycles. The van der Waals surface area contributed by atoms with E-state index in [1.807, 2.05) is 0 Å². The van der Waals surface area contributed by atoms with E-state index in [4.69, 9.17) is 5.41 Å². The van der Waals surface area contributed by atoms with Crippen LogP contribution in [-0.2, 0) is 0 Å². The lowest BCUT2D eigenvalue weighted by Gasteiger charge is -2.43. The summed E-state index contributed by atoms with van der Waals surface area (Å²) < 4.78 is 0. The fourth-order valence-corrected chi connectivity index (χ4v) is 2.48. The third kappa shape index (κ3) is 1.59.